The Labute approximate surface area is 61.8 Å². The monoisotopic (exact) mass is 150 g/mol. The van der Waals surface area contributed by atoms with Gasteiger partial charge in [0.1, 0.15) is 0 Å². The fraction of sp³-hybridized carbons (Fsp3) is 0. The van der Waals surface area contributed by atoms with E-state index in [1.165, 1.54) is 0 Å². The van der Waals surface area contributed by atoms with Crippen molar-refractivity contribution in [1.29, 1.82) is 0 Å². The van der Waals surface area contributed by atoms with Crippen molar-refractivity contribution in [3.63, 3.8) is 0 Å². The van der Waals surface area contributed by atoms with Gasteiger partial charge in [-0.3, -0.25) is 0 Å². The van der Waals surface area contributed by atoms with Crippen molar-refractivity contribution in [3.8, 4) is 0 Å². The van der Waals surface area contributed by atoms with Crippen LogP contribution in [0.25, 0.3) is 4.91 Å². The Morgan fingerprint density at radius 1 is 1.10 bits per heavy atom. The molecule has 0 amide bonds. The highest BCUT2D eigenvalue weighted by Gasteiger charge is 2.19. The molecule has 1 nitrogen and oxygen atoms in total. The van der Waals surface area contributed by atoms with E-state index in [4.69, 9.17) is 0 Å². The summed E-state index contributed by atoms with van der Waals surface area (Å²) in [4.78, 5) is 0.973. The van der Waals surface area contributed by atoms with E-state index in [-0.39, 0.29) is 0 Å². The summed E-state index contributed by atoms with van der Waals surface area (Å²) in [5.41, 5.74) is 1.08. The highest BCUT2D eigenvalue weighted by atomic mass is 32.2. The minimum Gasteiger partial charge on any atom is -0.250 e. The molecule has 2 rings (SSSR count). The summed E-state index contributed by atoms with van der Waals surface area (Å²) in [6.07, 6.45) is 0. The highest BCUT2D eigenvalue weighted by Crippen LogP contribution is 2.30. The smallest absolute Gasteiger partial charge is 0.0800 e. The topological polar surface area (TPSA) is 17.1 Å². The molecule has 1 aromatic rings. The van der Waals surface area contributed by atoms with Gasteiger partial charge in [-0.25, -0.2) is 4.21 Å². The largest absolute Gasteiger partial charge is 0.250 e. The van der Waals surface area contributed by atoms with Gasteiger partial charge in [-0.05, 0) is 5.56 Å². The minimum absolute atomic E-state index is 0.758. The van der Waals surface area contributed by atoms with Gasteiger partial charge >= 0.3 is 0 Å². The van der Waals surface area contributed by atoms with Crippen molar-refractivity contribution >= 4 is 15.7 Å². The minimum atomic E-state index is -0.758. The SMILES string of the molecule is O=S1C=C1c1ccccc1. The van der Waals surface area contributed by atoms with E-state index in [1.54, 1.807) is 5.41 Å². The summed E-state index contributed by atoms with van der Waals surface area (Å²) in [6.45, 7) is 0. The van der Waals surface area contributed by atoms with E-state index < -0.39 is 10.8 Å². The average Bonchev–Trinajstić information content (AvgIpc) is 2.69. The molecule has 1 heterocycles. The molecule has 10 heavy (non-hydrogen) atoms. The first kappa shape index (κ1) is 5.86. The summed E-state index contributed by atoms with van der Waals surface area (Å²) >= 11 is 0. The number of hydrogen-bond acceptors (Lipinski definition) is 1. The molecule has 1 aromatic carbocycles. The van der Waals surface area contributed by atoms with Crippen LogP contribution >= 0.6 is 0 Å². The Kier molecular flexibility index (Phi) is 1.21. The molecule has 1 aliphatic rings. The summed E-state index contributed by atoms with van der Waals surface area (Å²) in [5.74, 6) is 0. The molecule has 0 fully saturated rings. The Bertz CT molecular complexity index is 300. The predicted molar refractivity (Wildman–Crippen MR) is 42.6 cm³/mol. The first-order valence-electron chi connectivity index (χ1n) is 3.06. The van der Waals surface area contributed by atoms with Gasteiger partial charge in [0.25, 0.3) is 0 Å². The molecule has 50 valence electrons. The highest BCUT2D eigenvalue weighted by molar-refractivity contribution is 8.05. The van der Waals surface area contributed by atoms with Gasteiger partial charge < -0.3 is 0 Å². The van der Waals surface area contributed by atoms with Gasteiger partial charge in [0, 0.05) is 5.41 Å². The lowest BCUT2D eigenvalue weighted by molar-refractivity contribution is 0.696. The first-order chi connectivity index (χ1) is 4.88. The maximum Gasteiger partial charge on any atom is 0.0800 e. The molecular formula is C8H6OS. The van der Waals surface area contributed by atoms with Crippen LogP contribution in [0.15, 0.2) is 35.7 Å². The molecule has 0 aromatic heterocycles. The van der Waals surface area contributed by atoms with E-state index in [9.17, 15) is 4.21 Å². The fourth-order valence-electron chi connectivity index (χ4n) is 0.860. The molecule has 0 spiro atoms. The maximum atomic E-state index is 10.7. The molecule has 1 aliphatic heterocycles. The van der Waals surface area contributed by atoms with Crippen LogP contribution < -0.4 is 0 Å². The molecule has 2 heteroatoms. The molecule has 1 unspecified atom stereocenters. The second-order valence-corrected chi connectivity index (χ2v) is 3.42. The van der Waals surface area contributed by atoms with Crippen LogP contribution in [0.5, 0.6) is 0 Å². The third-order valence-corrected chi connectivity index (χ3v) is 2.41. The van der Waals surface area contributed by atoms with Crippen molar-refractivity contribution in [2.75, 3.05) is 0 Å². The van der Waals surface area contributed by atoms with Gasteiger partial charge in [0.15, 0.2) is 0 Å². The van der Waals surface area contributed by atoms with Gasteiger partial charge in [-0.2, -0.15) is 0 Å². The average molecular weight is 150 g/mol. The summed E-state index contributed by atoms with van der Waals surface area (Å²) in [5, 5.41) is 1.76. The van der Waals surface area contributed by atoms with Crippen LogP contribution in [0.1, 0.15) is 5.56 Å². The van der Waals surface area contributed by atoms with Crippen LogP contribution in [-0.2, 0) is 10.8 Å². The van der Waals surface area contributed by atoms with Crippen LogP contribution in [0.2, 0.25) is 0 Å². The predicted octanol–water partition coefficient (Wildman–Crippen LogP) is 1.75. The van der Waals surface area contributed by atoms with Gasteiger partial charge in [-0.1, -0.05) is 30.3 Å². The zero-order valence-corrected chi connectivity index (χ0v) is 6.10. The van der Waals surface area contributed by atoms with Crippen LogP contribution in [0.4, 0.5) is 0 Å². The first-order valence-corrected chi connectivity index (χ1v) is 4.27. The summed E-state index contributed by atoms with van der Waals surface area (Å²) < 4.78 is 10.7. The molecule has 0 N–H and O–H groups in total. The summed E-state index contributed by atoms with van der Waals surface area (Å²) in [7, 11) is -0.758. The lowest BCUT2D eigenvalue weighted by Gasteiger charge is -1.87. The lowest BCUT2D eigenvalue weighted by Crippen LogP contribution is -1.71. The van der Waals surface area contributed by atoms with Crippen molar-refractivity contribution in [2.24, 2.45) is 0 Å². The van der Waals surface area contributed by atoms with E-state index in [1.807, 2.05) is 30.3 Å². The second kappa shape index (κ2) is 2.06. The Morgan fingerprint density at radius 2 is 1.70 bits per heavy atom. The number of benzene rings is 1. The van der Waals surface area contributed by atoms with Crippen molar-refractivity contribution in [2.45, 2.75) is 0 Å². The van der Waals surface area contributed by atoms with Crippen molar-refractivity contribution < 1.29 is 4.21 Å². The van der Waals surface area contributed by atoms with Crippen molar-refractivity contribution in [3.05, 3.63) is 41.3 Å². The second-order valence-electron chi connectivity index (χ2n) is 2.15. The fourth-order valence-corrected chi connectivity index (χ4v) is 1.63. The molecule has 0 radical (unpaired) electrons. The molecule has 0 saturated carbocycles. The van der Waals surface area contributed by atoms with Crippen LogP contribution in [-0.4, -0.2) is 4.21 Å². The zero-order valence-electron chi connectivity index (χ0n) is 5.28. The third-order valence-electron chi connectivity index (χ3n) is 1.43. The molecule has 1 atom stereocenters. The normalized spacial score (nSPS) is 22.0. The van der Waals surface area contributed by atoms with Crippen molar-refractivity contribution in [1.82, 2.24) is 0 Å². The van der Waals surface area contributed by atoms with Crippen LogP contribution in [0, 0.1) is 0 Å². The molecule has 0 bridgehead atoms. The number of rotatable bonds is 1. The van der Waals surface area contributed by atoms with Gasteiger partial charge in [0.2, 0.25) is 0 Å². The molecular weight excluding hydrogens is 144 g/mol. The standard InChI is InChI=1S/C8H6OS/c9-10-6-8(10)7-4-2-1-3-5-7/h1-6H. The van der Waals surface area contributed by atoms with E-state index in [0.29, 0.717) is 0 Å². The molecule has 0 saturated heterocycles. The maximum absolute atomic E-state index is 10.7. The lowest BCUT2D eigenvalue weighted by atomic mass is 10.2. The Morgan fingerprint density at radius 3 is 2.20 bits per heavy atom. The number of hydrogen-bond donors (Lipinski definition) is 0. The van der Waals surface area contributed by atoms with Crippen LogP contribution in [0.3, 0.4) is 0 Å². The summed E-state index contributed by atoms with van der Waals surface area (Å²) in [6, 6.07) is 9.79. The Balaban J connectivity index is 2.37. The van der Waals surface area contributed by atoms with E-state index in [2.05, 4.69) is 0 Å². The van der Waals surface area contributed by atoms with E-state index in [0.717, 1.165) is 10.5 Å². The van der Waals surface area contributed by atoms with E-state index >= 15 is 0 Å². The van der Waals surface area contributed by atoms with Gasteiger partial charge in [-0.15, -0.1) is 0 Å². The third kappa shape index (κ3) is 0.907. The molecule has 0 aliphatic carbocycles. The van der Waals surface area contributed by atoms with Gasteiger partial charge in [0.05, 0.1) is 15.7 Å². The quantitative estimate of drug-likeness (QED) is 0.596. The zero-order chi connectivity index (χ0) is 6.97. The Hall–Kier alpha value is -0.890.